The molecule has 0 radical (unpaired) electrons. The molecule has 0 atom stereocenters. The SMILES string of the molecule is CCCN(CC(=O)O)C(=O)c1c(C)nsc1NC. The molecule has 1 heterocycles. The minimum absolute atomic E-state index is 0.283. The van der Waals surface area contributed by atoms with Crippen molar-refractivity contribution in [2.24, 2.45) is 0 Å². The molecule has 1 aromatic heterocycles. The maximum atomic E-state index is 12.3. The van der Waals surface area contributed by atoms with E-state index in [9.17, 15) is 9.59 Å². The predicted molar refractivity (Wildman–Crippen MR) is 70.2 cm³/mol. The molecule has 18 heavy (non-hydrogen) atoms. The van der Waals surface area contributed by atoms with E-state index in [-0.39, 0.29) is 12.5 Å². The summed E-state index contributed by atoms with van der Waals surface area (Å²) in [5.41, 5.74) is 1.10. The molecule has 0 spiro atoms. The van der Waals surface area contributed by atoms with Gasteiger partial charge in [-0.05, 0) is 24.9 Å². The van der Waals surface area contributed by atoms with Gasteiger partial charge in [0.15, 0.2) is 0 Å². The van der Waals surface area contributed by atoms with Gasteiger partial charge < -0.3 is 15.3 Å². The molecule has 0 aromatic carbocycles. The van der Waals surface area contributed by atoms with Gasteiger partial charge in [0.05, 0.1) is 11.3 Å². The maximum absolute atomic E-state index is 12.3. The summed E-state index contributed by atoms with van der Waals surface area (Å²) in [6, 6.07) is 0. The van der Waals surface area contributed by atoms with Crippen molar-refractivity contribution >= 4 is 28.4 Å². The Morgan fingerprint density at radius 1 is 1.50 bits per heavy atom. The van der Waals surface area contributed by atoms with Crippen LogP contribution in [0.25, 0.3) is 0 Å². The number of hydrogen-bond acceptors (Lipinski definition) is 5. The third-order valence-corrected chi connectivity index (χ3v) is 3.37. The largest absolute Gasteiger partial charge is 0.480 e. The second-order valence-corrected chi connectivity index (χ2v) is 4.62. The van der Waals surface area contributed by atoms with E-state index in [1.807, 2.05) is 6.92 Å². The van der Waals surface area contributed by atoms with Crippen molar-refractivity contribution < 1.29 is 14.7 Å². The van der Waals surface area contributed by atoms with Gasteiger partial charge >= 0.3 is 5.97 Å². The van der Waals surface area contributed by atoms with Gasteiger partial charge in [0, 0.05) is 13.6 Å². The molecule has 1 amide bonds. The van der Waals surface area contributed by atoms with Crippen LogP contribution in [0.5, 0.6) is 0 Å². The summed E-state index contributed by atoms with van der Waals surface area (Å²) in [4.78, 5) is 24.4. The number of amides is 1. The minimum Gasteiger partial charge on any atom is -0.480 e. The van der Waals surface area contributed by atoms with Crippen molar-refractivity contribution in [1.29, 1.82) is 0 Å². The molecule has 0 unspecified atom stereocenters. The highest BCUT2D eigenvalue weighted by Crippen LogP contribution is 2.25. The number of carboxylic acid groups (broad SMARTS) is 1. The topological polar surface area (TPSA) is 82.5 Å². The highest BCUT2D eigenvalue weighted by atomic mass is 32.1. The summed E-state index contributed by atoms with van der Waals surface area (Å²) in [5.74, 6) is -1.29. The molecule has 7 heteroatoms. The fraction of sp³-hybridized carbons (Fsp3) is 0.545. The second-order valence-electron chi connectivity index (χ2n) is 3.84. The number of aryl methyl sites for hydroxylation is 1. The third kappa shape index (κ3) is 3.19. The molecule has 0 aliphatic carbocycles. The van der Waals surface area contributed by atoms with Crippen LogP contribution in [0.4, 0.5) is 5.00 Å². The molecule has 0 saturated carbocycles. The smallest absolute Gasteiger partial charge is 0.323 e. The molecule has 6 nitrogen and oxygen atoms in total. The van der Waals surface area contributed by atoms with Gasteiger partial charge in [0.2, 0.25) is 0 Å². The fourth-order valence-corrected chi connectivity index (χ4v) is 2.37. The van der Waals surface area contributed by atoms with Crippen LogP contribution < -0.4 is 5.32 Å². The van der Waals surface area contributed by atoms with Crippen LogP contribution in [0.15, 0.2) is 0 Å². The molecule has 1 aromatic rings. The summed E-state index contributed by atoms with van der Waals surface area (Å²) in [6.07, 6.45) is 0.713. The van der Waals surface area contributed by atoms with Crippen LogP contribution >= 0.6 is 11.5 Å². The van der Waals surface area contributed by atoms with E-state index in [0.717, 1.165) is 0 Å². The number of hydrogen-bond donors (Lipinski definition) is 2. The number of carbonyl (C=O) groups is 2. The third-order valence-electron chi connectivity index (χ3n) is 2.41. The van der Waals surface area contributed by atoms with Gasteiger partial charge in [-0.2, -0.15) is 4.37 Å². The normalized spacial score (nSPS) is 10.2. The Labute approximate surface area is 110 Å². The van der Waals surface area contributed by atoms with Crippen molar-refractivity contribution in [2.75, 3.05) is 25.5 Å². The number of carbonyl (C=O) groups excluding carboxylic acids is 1. The first-order valence-electron chi connectivity index (χ1n) is 5.66. The van der Waals surface area contributed by atoms with E-state index < -0.39 is 5.97 Å². The Balaban J connectivity index is 3.00. The van der Waals surface area contributed by atoms with E-state index in [4.69, 9.17) is 5.11 Å². The zero-order valence-electron chi connectivity index (χ0n) is 10.7. The Kier molecular flexibility index (Phi) is 5.08. The number of carboxylic acids is 1. The van der Waals surface area contributed by atoms with Gasteiger partial charge in [0.1, 0.15) is 11.5 Å². The lowest BCUT2D eigenvalue weighted by Gasteiger charge is -2.20. The molecule has 0 fully saturated rings. The number of nitrogens with zero attached hydrogens (tertiary/aromatic N) is 2. The number of aliphatic carboxylic acids is 1. The lowest BCUT2D eigenvalue weighted by molar-refractivity contribution is -0.137. The summed E-state index contributed by atoms with van der Waals surface area (Å²) in [7, 11) is 1.71. The summed E-state index contributed by atoms with van der Waals surface area (Å²) >= 11 is 1.20. The zero-order chi connectivity index (χ0) is 13.7. The highest BCUT2D eigenvalue weighted by molar-refractivity contribution is 7.10. The van der Waals surface area contributed by atoms with E-state index >= 15 is 0 Å². The van der Waals surface area contributed by atoms with E-state index in [2.05, 4.69) is 9.69 Å². The van der Waals surface area contributed by atoms with Crippen molar-refractivity contribution in [2.45, 2.75) is 20.3 Å². The fourth-order valence-electron chi connectivity index (χ4n) is 1.64. The predicted octanol–water partition coefficient (Wildman–Crippen LogP) is 1.43. The lowest BCUT2D eigenvalue weighted by atomic mass is 10.2. The Morgan fingerprint density at radius 2 is 2.17 bits per heavy atom. The number of nitrogens with one attached hydrogen (secondary N) is 1. The van der Waals surface area contributed by atoms with Crippen molar-refractivity contribution in [1.82, 2.24) is 9.27 Å². The highest BCUT2D eigenvalue weighted by Gasteiger charge is 2.24. The average molecular weight is 271 g/mol. The van der Waals surface area contributed by atoms with Crippen LogP contribution in [0.3, 0.4) is 0 Å². The lowest BCUT2D eigenvalue weighted by Crippen LogP contribution is -2.36. The molecular formula is C11H17N3O3S. The molecule has 100 valence electrons. The monoisotopic (exact) mass is 271 g/mol. The molecule has 0 aliphatic heterocycles. The molecular weight excluding hydrogens is 254 g/mol. The maximum Gasteiger partial charge on any atom is 0.323 e. The Bertz CT molecular complexity index is 445. The van der Waals surface area contributed by atoms with Gasteiger partial charge in [-0.1, -0.05) is 6.92 Å². The standard InChI is InChI=1S/C11H17N3O3S/c1-4-5-14(6-8(15)16)11(17)9-7(2)13-18-10(9)12-3/h12H,4-6H2,1-3H3,(H,15,16). The van der Waals surface area contributed by atoms with Gasteiger partial charge in [-0.15, -0.1) is 0 Å². The van der Waals surface area contributed by atoms with Crippen LogP contribution in [-0.4, -0.2) is 46.4 Å². The van der Waals surface area contributed by atoms with Crippen LogP contribution in [-0.2, 0) is 4.79 Å². The van der Waals surface area contributed by atoms with Gasteiger partial charge in [-0.25, -0.2) is 0 Å². The molecule has 0 bridgehead atoms. The first-order chi connectivity index (χ1) is 8.51. The number of anilines is 1. The zero-order valence-corrected chi connectivity index (χ0v) is 11.5. The molecule has 0 aliphatic rings. The second kappa shape index (κ2) is 6.34. The molecule has 1 rings (SSSR count). The molecule has 0 saturated heterocycles. The van der Waals surface area contributed by atoms with E-state index in [1.165, 1.54) is 16.4 Å². The van der Waals surface area contributed by atoms with Crippen molar-refractivity contribution in [3.05, 3.63) is 11.3 Å². The van der Waals surface area contributed by atoms with Gasteiger partial charge in [-0.3, -0.25) is 9.59 Å². The van der Waals surface area contributed by atoms with Crippen molar-refractivity contribution in [3.8, 4) is 0 Å². The molecule has 2 N–H and O–H groups in total. The van der Waals surface area contributed by atoms with Crippen LogP contribution in [0.1, 0.15) is 29.4 Å². The number of aromatic nitrogens is 1. The van der Waals surface area contributed by atoms with Gasteiger partial charge in [0.25, 0.3) is 5.91 Å². The Morgan fingerprint density at radius 3 is 2.67 bits per heavy atom. The summed E-state index contributed by atoms with van der Waals surface area (Å²) in [6.45, 7) is 3.78. The summed E-state index contributed by atoms with van der Waals surface area (Å²) in [5, 5.41) is 12.4. The van der Waals surface area contributed by atoms with Crippen LogP contribution in [0, 0.1) is 6.92 Å². The number of rotatable bonds is 6. The Hall–Kier alpha value is -1.63. The van der Waals surface area contributed by atoms with Crippen LogP contribution in [0.2, 0.25) is 0 Å². The van der Waals surface area contributed by atoms with E-state index in [0.29, 0.717) is 29.2 Å². The quantitative estimate of drug-likeness (QED) is 0.818. The van der Waals surface area contributed by atoms with E-state index in [1.54, 1.807) is 14.0 Å². The average Bonchev–Trinajstić information content (AvgIpc) is 2.68. The first-order valence-corrected chi connectivity index (χ1v) is 6.43. The van der Waals surface area contributed by atoms with Crippen molar-refractivity contribution in [3.63, 3.8) is 0 Å². The summed E-state index contributed by atoms with van der Waals surface area (Å²) < 4.78 is 4.11. The first kappa shape index (κ1) is 14.4. The minimum atomic E-state index is -1.01.